The van der Waals surface area contributed by atoms with E-state index in [4.69, 9.17) is 0 Å². The van der Waals surface area contributed by atoms with Crippen molar-refractivity contribution in [3.63, 3.8) is 0 Å². The predicted molar refractivity (Wildman–Crippen MR) is 51.4 cm³/mol. The van der Waals surface area contributed by atoms with Crippen LogP contribution in [0, 0.1) is 23.3 Å². The van der Waals surface area contributed by atoms with E-state index in [0.717, 1.165) is 4.13 Å². The van der Waals surface area contributed by atoms with Crippen LogP contribution in [0.4, 0.5) is 17.6 Å². The lowest BCUT2D eigenvalue weighted by Crippen LogP contribution is -2.31. The summed E-state index contributed by atoms with van der Waals surface area (Å²) in [6.45, 7) is 0. The molecule has 0 radical (unpaired) electrons. The first-order chi connectivity index (χ1) is 7.96. The van der Waals surface area contributed by atoms with Crippen molar-refractivity contribution in [2.45, 2.75) is 4.90 Å². The maximum atomic E-state index is 13.1. The minimum absolute atomic E-state index is 0.204. The first-order valence-corrected chi connectivity index (χ1v) is 7.40. The molecule has 0 aliphatic carbocycles. The predicted octanol–water partition coefficient (Wildman–Crippen LogP) is 0.481. The van der Waals surface area contributed by atoms with E-state index in [1.807, 2.05) is 0 Å². The molecular formula is C7H5F4NO4S2. The molecule has 5 nitrogen and oxygen atoms in total. The molecule has 0 aromatic heterocycles. The summed E-state index contributed by atoms with van der Waals surface area (Å²) in [6, 6.07) is -0.204. The molecule has 0 aliphatic heterocycles. The van der Waals surface area contributed by atoms with E-state index >= 15 is 0 Å². The van der Waals surface area contributed by atoms with Crippen LogP contribution in [-0.2, 0) is 20.0 Å². The van der Waals surface area contributed by atoms with E-state index < -0.39 is 48.2 Å². The minimum Gasteiger partial charge on any atom is -0.212 e. The van der Waals surface area contributed by atoms with E-state index in [1.165, 1.54) is 0 Å². The second-order valence-corrected chi connectivity index (χ2v) is 6.78. The lowest BCUT2D eigenvalue weighted by Gasteiger charge is -2.08. The Morgan fingerprint density at radius 2 is 1.33 bits per heavy atom. The largest absolute Gasteiger partial charge is 0.259 e. The van der Waals surface area contributed by atoms with Crippen molar-refractivity contribution in [1.82, 2.24) is 4.13 Å². The van der Waals surface area contributed by atoms with Crippen molar-refractivity contribution in [3.8, 4) is 0 Å². The number of halogens is 4. The fraction of sp³-hybridized carbons (Fsp3) is 0.143. The van der Waals surface area contributed by atoms with Crippen molar-refractivity contribution in [2.75, 3.05) is 6.26 Å². The fourth-order valence-corrected chi connectivity index (χ4v) is 3.62. The van der Waals surface area contributed by atoms with Gasteiger partial charge in [0, 0.05) is 6.07 Å². The normalized spacial score (nSPS) is 12.7. The van der Waals surface area contributed by atoms with Gasteiger partial charge in [-0.05, 0) is 0 Å². The Bertz CT molecular complexity index is 672. The van der Waals surface area contributed by atoms with Gasteiger partial charge in [0.25, 0.3) is 10.0 Å². The molecule has 0 atom stereocenters. The summed E-state index contributed by atoms with van der Waals surface area (Å²) in [6.07, 6.45) is 0.385. The van der Waals surface area contributed by atoms with Crippen LogP contribution in [0.1, 0.15) is 0 Å². The summed E-state index contributed by atoms with van der Waals surface area (Å²) < 4.78 is 96.6. The van der Waals surface area contributed by atoms with Crippen LogP contribution < -0.4 is 4.13 Å². The van der Waals surface area contributed by atoms with Crippen LogP contribution in [0.3, 0.4) is 0 Å². The molecular weight excluding hydrogens is 302 g/mol. The number of benzene rings is 1. The quantitative estimate of drug-likeness (QED) is 0.650. The Morgan fingerprint density at radius 3 is 1.67 bits per heavy atom. The third-order valence-corrected chi connectivity index (χ3v) is 4.59. The number of rotatable bonds is 3. The van der Waals surface area contributed by atoms with Crippen LogP contribution in [0.2, 0.25) is 0 Å². The zero-order valence-corrected chi connectivity index (χ0v) is 10.2. The summed E-state index contributed by atoms with van der Waals surface area (Å²) in [5.74, 6) is -8.37. The first-order valence-electron chi connectivity index (χ1n) is 4.02. The molecule has 0 unspecified atom stereocenters. The Morgan fingerprint density at radius 1 is 0.944 bits per heavy atom. The van der Waals surface area contributed by atoms with Crippen molar-refractivity contribution in [1.29, 1.82) is 0 Å². The van der Waals surface area contributed by atoms with Crippen LogP contribution >= 0.6 is 0 Å². The molecule has 1 aromatic carbocycles. The highest BCUT2D eigenvalue weighted by Gasteiger charge is 2.31. The molecule has 0 spiro atoms. The molecule has 1 rings (SSSR count). The fourth-order valence-electron chi connectivity index (χ4n) is 1.03. The standard InChI is InChI=1S/C7H5F4NO4S2/c1-17(13,14)12-18(15,16)7-5(10)3(8)2-4(9)6(7)11/h2,12H,1H3. The van der Waals surface area contributed by atoms with Gasteiger partial charge in [-0.25, -0.2) is 34.4 Å². The highest BCUT2D eigenvalue weighted by Crippen LogP contribution is 2.23. The molecule has 1 N–H and O–H groups in total. The average Bonchev–Trinajstić information content (AvgIpc) is 2.10. The Balaban J connectivity index is 3.61. The van der Waals surface area contributed by atoms with E-state index in [0.29, 0.717) is 6.26 Å². The van der Waals surface area contributed by atoms with Crippen LogP contribution in [0.15, 0.2) is 11.0 Å². The van der Waals surface area contributed by atoms with Crippen LogP contribution in [0.5, 0.6) is 0 Å². The first kappa shape index (κ1) is 14.9. The third-order valence-electron chi connectivity index (χ3n) is 1.60. The van der Waals surface area contributed by atoms with Gasteiger partial charge in [0.15, 0.2) is 28.2 Å². The monoisotopic (exact) mass is 307 g/mol. The van der Waals surface area contributed by atoms with Gasteiger partial charge in [-0.3, -0.25) is 0 Å². The maximum absolute atomic E-state index is 13.1. The molecule has 11 heteroatoms. The summed E-state index contributed by atoms with van der Waals surface area (Å²) in [5, 5.41) is 0. The average molecular weight is 307 g/mol. The highest BCUT2D eigenvalue weighted by atomic mass is 32.3. The number of nitrogens with one attached hydrogen (secondary N) is 1. The van der Waals surface area contributed by atoms with E-state index in [2.05, 4.69) is 0 Å². The van der Waals surface area contributed by atoms with Gasteiger partial charge in [-0.15, -0.1) is 4.13 Å². The molecule has 18 heavy (non-hydrogen) atoms. The molecule has 1 aromatic rings. The number of hydrogen-bond acceptors (Lipinski definition) is 4. The van der Waals surface area contributed by atoms with Gasteiger partial charge in [0.1, 0.15) is 0 Å². The van der Waals surface area contributed by atoms with Crippen molar-refractivity contribution >= 4 is 20.0 Å². The lowest BCUT2D eigenvalue weighted by atomic mass is 10.3. The second-order valence-electron chi connectivity index (χ2n) is 3.16. The van der Waals surface area contributed by atoms with Gasteiger partial charge >= 0.3 is 0 Å². The lowest BCUT2D eigenvalue weighted by molar-refractivity contribution is 0.419. The smallest absolute Gasteiger partial charge is 0.212 e. The van der Waals surface area contributed by atoms with Crippen LogP contribution in [-0.4, -0.2) is 23.1 Å². The summed E-state index contributed by atoms with van der Waals surface area (Å²) in [5.41, 5.74) is 0. The molecule has 0 aliphatic rings. The summed E-state index contributed by atoms with van der Waals surface area (Å²) in [4.78, 5) is -2.04. The molecule has 0 heterocycles. The Kier molecular flexibility index (Phi) is 3.70. The number of hydrogen-bond donors (Lipinski definition) is 1. The van der Waals surface area contributed by atoms with E-state index in [1.54, 1.807) is 0 Å². The van der Waals surface area contributed by atoms with E-state index in [9.17, 15) is 34.4 Å². The maximum Gasteiger partial charge on any atom is 0.259 e. The number of sulfonamides is 2. The molecule has 102 valence electrons. The summed E-state index contributed by atoms with van der Waals surface area (Å²) in [7, 11) is -9.70. The Labute approximate surface area is 99.5 Å². The van der Waals surface area contributed by atoms with Crippen molar-refractivity contribution in [2.24, 2.45) is 0 Å². The zero-order chi connectivity index (χ0) is 14.3. The second kappa shape index (κ2) is 4.48. The van der Waals surface area contributed by atoms with Crippen LogP contribution in [0.25, 0.3) is 0 Å². The third kappa shape index (κ3) is 2.97. The molecule has 0 bridgehead atoms. The highest BCUT2D eigenvalue weighted by molar-refractivity contribution is 8.04. The topological polar surface area (TPSA) is 80.3 Å². The summed E-state index contributed by atoms with van der Waals surface area (Å²) >= 11 is 0. The molecule has 0 fully saturated rings. The van der Waals surface area contributed by atoms with Gasteiger partial charge in [-0.1, -0.05) is 0 Å². The van der Waals surface area contributed by atoms with Gasteiger partial charge in [0.05, 0.1) is 6.26 Å². The van der Waals surface area contributed by atoms with Gasteiger partial charge in [-0.2, -0.15) is 0 Å². The molecule has 0 saturated carbocycles. The van der Waals surface area contributed by atoms with Crippen molar-refractivity contribution in [3.05, 3.63) is 29.3 Å². The van der Waals surface area contributed by atoms with Gasteiger partial charge in [0.2, 0.25) is 10.0 Å². The van der Waals surface area contributed by atoms with Crippen molar-refractivity contribution < 1.29 is 34.4 Å². The minimum atomic E-state index is -5.29. The van der Waals surface area contributed by atoms with E-state index in [-0.39, 0.29) is 6.07 Å². The van der Waals surface area contributed by atoms with Gasteiger partial charge < -0.3 is 0 Å². The molecule has 0 amide bonds. The molecule has 0 saturated heterocycles. The Hall–Kier alpha value is -1.20. The SMILES string of the molecule is CS(=O)(=O)NS(=O)(=O)c1c(F)c(F)cc(F)c1F. The zero-order valence-electron chi connectivity index (χ0n) is 8.54.